The van der Waals surface area contributed by atoms with E-state index < -0.39 is 16.3 Å². The Kier molecular flexibility index (Phi) is 5.06. The predicted octanol–water partition coefficient (Wildman–Crippen LogP) is 0.162. The van der Waals surface area contributed by atoms with Crippen LogP contribution >= 0.6 is 0 Å². The van der Waals surface area contributed by atoms with Crippen LogP contribution < -0.4 is 10.6 Å². The van der Waals surface area contributed by atoms with Gasteiger partial charge in [0.2, 0.25) is 10.3 Å². The Morgan fingerprint density at radius 1 is 1.50 bits per heavy atom. The molecule has 0 aliphatic heterocycles. The summed E-state index contributed by atoms with van der Waals surface area (Å²) in [6.45, 7) is 7.58. The van der Waals surface area contributed by atoms with Crippen LogP contribution in [0.3, 0.4) is 0 Å². The summed E-state index contributed by atoms with van der Waals surface area (Å²) >= 11 is 0. The van der Waals surface area contributed by atoms with Gasteiger partial charge < -0.3 is 10.6 Å². The molecule has 98 valence electrons. The molecule has 18 heavy (non-hydrogen) atoms. The van der Waals surface area contributed by atoms with Gasteiger partial charge in [0, 0.05) is 11.3 Å². The van der Waals surface area contributed by atoms with Gasteiger partial charge in [0.05, 0.1) is 10.9 Å². The topological polar surface area (TPSA) is 75.3 Å². The van der Waals surface area contributed by atoms with Gasteiger partial charge in [-0.1, -0.05) is 19.6 Å². The van der Waals surface area contributed by atoms with Crippen molar-refractivity contribution in [1.29, 1.82) is 0 Å². The first-order chi connectivity index (χ1) is 8.47. The number of amides is 1. The predicted molar refractivity (Wildman–Crippen MR) is 71.6 cm³/mol. The summed E-state index contributed by atoms with van der Waals surface area (Å²) in [5.74, 6) is -0.324. The van der Waals surface area contributed by atoms with E-state index in [0.29, 0.717) is 17.8 Å². The minimum atomic E-state index is -2.33. The van der Waals surface area contributed by atoms with Crippen LogP contribution in [-0.2, 0) is 15.1 Å². The molecular formula is C12H16N2O3S. The molecule has 1 amide bonds. The Bertz CT molecular complexity index is 548. The summed E-state index contributed by atoms with van der Waals surface area (Å²) < 4.78 is 22.2. The summed E-state index contributed by atoms with van der Waals surface area (Å²) in [4.78, 5) is 11.8. The van der Waals surface area contributed by atoms with Crippen LogP contribution in [-0.4, -0.2) is 31.8 Å². The fourth-order valence-corrected chi connectivity index (χ4v) is 2.10. The molecule has 1 rings (SSSR count). The minimum Gasteiger partial charge on any atom is -0.324 e. The third-order valence-electron chi connectivity index (χ3n) is 2.38. The lowest BCUT2D eigenvalue weighted by molar-refractivity contribution is -0.116. The highest BCUT2D eigenvalue weighted by Crippen LogP contribution is 2.09. The second-order valence-corrected chi connectivity index (χ2v) is 4.78. The number of nitrogens with one attached hydrogen (secondary N) is 2. The molecule has 1 unspecified atom stereocenters. The molecule has 0 aromatic carbocycles. The largest absolute Gasteiger partial charge is 0.324 e. The van der Waals surface area contributed by atoms with E-state index >= 15 is 0 Å². The Labute approximate surface area is 108 Å². The van der Waals surface area contributed by atoms with Crippen molar-refractivity contribution in [2.45, 2.75) is 19.9 Å². The first-order valence-corrected chi connectivity index (χ1v) is 6.59. The van der Waals surface area contributed by atoms with Crippen LogP contribution in [0.1, 0.15) is 13.8 Å². The monoisotopic (exact) mass is 268 g/mol. The van der Waals surface area contributed by atoms with Crippen LogP contribution in [0.5, 0.6) is 0 Å². The van der Waals surface area contributed by atoms with Crippen LogP contribution in [0, 0.1) is 0 Å². The van der Waals surface area contributed by atoms with Crippen LogP contribution in [0.25, 0.3) is 0 Å². The Hall–Kier alpha value is -1.66. The first-order valence-electron chi connectivity index (χ1n) is 5.52. The molecule has 0 radical (unpaired) electrons. The number of carbonyl (C=O) groups is 1. The number of hydrogen-bond donors (Lipinski definition) is 2. The van der Waals surface area contributed by atoms with Gasteiger partial charge in [-0.2, -0.15) is 8.42 Å². The van der Waals surface area contributed by atoms with E-state index in [9.17, 15) is 13.2 Å². The van der Waals surface area contributed by atoms with Crippen molar-refractivity contribution >= 4 is 21.1 Å². The maximum absolute atomic E-state index is 11.6. The second-order valence-electron chi connectivity index (χ2n) is 3.84. The van der Waals surface area contributed by atoms with E-state index in [2.05, 4.69) is 17.2 Å². The zero-order valence-electron chi connectivity index (χ0n) is 10.4. The van der Waals surface area contributed by atoms with Gasteiger partial charge in [-0.05, 0) is 25.6 Å². The fourth-order valence-electron chi connectivity index (χ4n) is 1.51. The van der Waals surface area contributed by atoms with E-state index in [4.69, 9.17) is 0 Å². The lowest BCUT2D eigenvalue weighted by atomic mass is 10.0. The summed E-state index contributed by atoms with van der Waals surface area (Å²) in [7, 11) is -2.33. The molecule has 0 aromatic rings. The molecule has 1 atom stereocenters. The standard InChI is InChI=1S/C12H16N2O3S/c1-4-13-11-9(14-12(15)8(2)3)6-5-7-10(11)18(16)17/h5-7,11,13H,2,4H2,1,3H3,(H,14,15). The van der Waals surface area contributed by atoms with Gasteiger partial charge in [0.15, 0.2) is 0 Å². The van der Waals surface area contributed by atoms with Gasteiger partial charge in [-0.15, -0.1) is 0 Å². The highest BCUT2D eigenvalue weighted by atomic mass is 32.2. The molecule has 0 bridgehead atoms. The Morgan fingerprint density at radius 3 is 2.67 bits per heavy atom. The van der Waals surface area contributed by atoms with Gasteiger partial charge in [-0.3, -0.25) is 4.79 Å². The van der Waals surface area contributed by atoms with E-state index in [-0.39, 0.29) is 10.8 Å². The second kappa shape index (κ2) is 6.32. The molecular weight excluding hydrogens is 252 g/mol. The average molecular weight is 268 g/mol. The molecule has 0 aromatic heterocycles. The van der Waals surface area contributed by atoms with Gasteiger partial charge in [0.1, 0.15) is 0 Å². The normalized spacial score (nSPS) is 18.2. The zero-order valence-corrected chi connectivity index (χ0v) is 11.2. The van der Waals surface area contributed by atoms with Crippen molar-refractivity contribution < 1.29 is 13.2 Å². The van der Waals surface area contributed by atoms with E-state index in [1.807, 2.05) is 6.92 Å². The molecule has 0 heterocycles. The number of allylic oxidation sites excluding steroid dienone is 2. The van der Waals surface area contributed by atoms with Crippen molar-refractivity contribution in [2.24, 2.45) is 0 Å². The molecule has 0 fully saturated rings. The van der Waals surface area contributed by atoms with Gasteiger partial charge >= 0.3 is 0 Å². The first kappa shape index (κ1) is 14.4. The maximum Gasteiger partial charge on any atom is 0.250 e. The number of carbonyl (C=O) groups excluding carboxylic acids is 1. The fraction of sp³-hybridized carbons (Fsp3) is 0.333. The quantitative estimate of drug-likeness (QED) is 0.562. The number of likely N-dealkylation sites (N-methyl/N-ethyl adjacent to an activating group) is 1. The van der Waals surface area contributed by atoms with Crippen molar-refractivity contribution in [3.05, 3.63) is 36.1 Å². The molecule has 0 saturated heterocycles. The lowest BCUT2D eigenvalue weighted by Crippen LogP contribution is -2.45. The zero-order chi connectivity index (χ0) is 13.7. The molecule has 0 saturated carbocycles. The smallest absolute Gasteiger partial charge is 0.250 e. The van der Waals surface area contributed by atoms with Gasteiger partial charge in [-0.25, -0.2) is 0 Å². The third-order valence-corrected chi connectivity index (χ3v) is 3.13. The molecule has 1 aliphatic carbocycles. The highest BCUT2D eigenvalue weighted by molar-refractivity contribution is 7.73. The molecule has 5 nitrogen and oxygen atoms in total. The summed E-state index contributed by atoms with van der Waals surface area (Å²) in [6.07, 6.45) is 4.77. The van der Waals surface area contributed by atoms with Crippen LogP contribution in [0.15, 0.2) is 36.1 Å². The molecule has 2 N–H and O–H groups in total. The SMILES string of the molecule is C=C(C)C(=O)NC1=CC=CC(=S(=O)=O)C1NCC. The number of hydrogen-bond acceptors (Lipinski definition) is 4. The van der Waals surface area contributed by atoms with Gasteiger partial charge in [0.25, 0.3) is 5.91 Å². The third kappa shape index (κ3) is 3.41. The van der Waals surface area contributed by atoms with E-state index in [1.165, 1.54) is 6.08 Å². The Balaban J connectivity index is 3.06. The van der Waals surface area contributed by atoms with E-state index in [1.54, 1.807) is 19.1 Å². The van der Waals surface area contributed by atoms with Crippen molar-refractivity contribution in [1.82, 2.24) is 10.6 Å². The van der Waals surface area contributed by atoms with Crippen molar-refractivity contribution in [3.63, 3.8) is 0 Å². The average Bonchev–Trinajstić information content (AvgIpc) is 2.30. The summed E-state index contributed by atoms with van der Waals surface area (Å²) in [5.41, 5.74) is 0.872. The van der Waals surface area contributed by atoms with Crippen LogP contribution in [0.2, 0.25) is 0 Å². The molecule has 0 spiro atoms. The summed E-state index contributed by atoms with van der Waals surface area (Å²) in [5, 5.41) is 5.67. The number of rotatable bonds is 4. The van der Waals surface area contributed by atoms with Crippen molar-refractivity contribution in [2.75, 3.05) is 6.54 Å². The lowest BCUT2D eigenvalue weighted by Gasteiger charge is -2.23. The van der Waals surface area contributed by atoms with Crippen molar-refractivity contribution in [3.8, 4) is 0 Å². The summed E-state index contributed by atoms with van der Waals surface area (Å²) in [6, 6.07) is -0.526. The highest BCUT2D eigenvalue weighted by Gasteiger charge is 2.23. The molecule has 1 aliphatic rings. The minimum absolute atomic E-state index is 0.205. The maximum atomic E-state index is 11.6. The van der Waals surface area contributed by atoms with Crippen LogP contribution in [0.4, 0.5) is 0 Å². The van der Waals surface area contributed by atoms with E-state index in [0.717, 1.165) is 0 Å². The Morgan fingerprint density at radius 2 is 2.17 bits per heavy atom. The molecule has 6 heteroatoms.